The van der Waals surface area contributed by atoms with Crippen molar-refractivity contribution < 1.29 is 102 Å². The summed E-state index contributed by atoms with van der Waals surface area (Å²) in [5.41, 5.74) is 0. The first-order valence-electron chi connectivity index (χ1n) is 14.2. The molecule has 0 spiro atoms. The van der Waals surface area contributed by atoms with Gasteiger partial charge in [-0.05, 0) is 13.8 Å². The monoisotopic (exact) mass is 966 g/mol. The Morgan fingerprint density at radius 2 is 0.623 bits per heavy atom. The molecule has 1 heterocycles. The first-order valence-corrected chi connectivity index (χ1v) is 14.2. The Labute approximate surface area is 363 Å². The number of carbonyl (C=O) groups excluding carboxylic acids is 5. The molecule has 0 aromatic heterocycles. The molecule has 0 unspecified atom stereocenters. The van der Waals surface area contributed by atoms with Gasteiger partial charge >= 0.3 is 0 Å². The Morgan fingerprint density at radius 3 is 0.736 bits per heavy atom. The second kappa shape index (κ2) is 49.6. The van der Waals surface area contributed by atoms with Gasteiger partial charge in [-0.25, -0.2) is 0 Å². The molecule has 313 valence electrons. The van der Waals surface area contributed by atoms with Crippen LogP contribution in [0.1, 0.15) is 13.8 Å². The zero-order chi connectivity index (χ0) is 33.2. The van der Waals surface area contributed by atoms with Crippen LogP contribution < -0.4 is 33.7 Å². The second-order valence-corrected chi connectivity index (χ2v) is 9.94. The predicted molar refractivity (Wildman–Crippen MR) is 202 cm³/mol. The van der Waals surface area contributed by atoms with E-state index in [0.29, 0.717) is 52.4 Å². The van der Waals surface area contributed by atoms with Crippen molar-refractivity contribution in [1.29, 1.82) is 0 Å². The average Bonchev–Trinajstić information content (AvgIpc) is 2.97. The molecule has 0 aliphatic carbocycles. The predicted octanol–water partition coefficient (Wildman–Crippen LogP) is -8.92. The molecule has 1 aliphatic heterocycles. The maximum atomic E-state index is 12.4. The smallest absolute Gasteiger partial charge is 0.234 e. The van der Waals surface area contributed by atoms with Crippen molar-refractivity contribution >= 4 is 54.2 Å². The fraction of sp³-hybridized carbons (Fsp3) is 0.581. The summed E-state index contributed by atoms with van der Waals surface area (Å²) in [4.78, 5) is 67.0. The van der Waals surface area contributed by atoms with Gasteiger partial charge in [0.05, 0.1) is 52.4 Å². The van der Waals surface area contributed by atoms with E-state index in [4.69, 9.17) is 25.7 Å². The third kappa shape index (κ3) is 45.7. The number of rotatable bonds is 12. The maximum Gasteiger partial charge on any atom is 0.234 e. The molecule has 1 saturated heterocycles. The Kier molecular flexibility index (Phi) is 70.6. The Balaban J connectivity index is -0.000000169. The number of hydrogen-bond acceptors (Lipinski definition) is 10. The number of nitrogens with one attached hydrogen (secondary N) is 4. The minimum atomic E-state index is -0.217. The number of amides is 4. The van der Waals surface area contributed by atoms with Gasteiger partial charge in [-0.1, -0.05) is 23.7 Å². The molecule has 22 heteroatoms. The quantitative estimate of drug-likeness (QED) is 0.106. The summed E-state index contributed by atoms with van der Waals surface area (Å²) in [6.07, 6.45) is 21.0. The summed E-state index contributed by atoms with van der Waals surface area (Å²) in [5, 5.41) is 10.7. The SMILES string of the molecule is C#CCNC(=O)CN1CCN(CC(=O)NCC#C)CCN(CC(=O)NCC#C)CCN(CC(=O)NCC#C)CC1.CC(C)=O.Cl.Cl.O.O.O.[Cl-].[OH-].[OH3+].[Tb]. The molecular formula is C31H58Cl3N8O10Tb-. The number of ketones is 1. The van der Waals surface area contributed by atoms with E-state index in [-0.39, 0.29) is 185 Å². The van der Waals surface area contributed by atoms with Crippen LogP contribution in [-0.2, 0) is 29.4 Å². The molecule has 53 heavy (non-hydrogen) atoms. The van der Waals surface area contributed by atoms with Crippen LogP contribution >= 0.6 is 24.8 Å². The van der Waals surface area contributed by atoms with Crippen molar-refractivity contribution in [3.8, 4) is 49.4 Å². The molecule has 1 radical (unpaired) electrons. The van der Waals surface area contributed by atoms with Crippen LogP contribution in [0.4, 0.5) is 0 Å². The van der Waals surface area contributed by atoms with E-state index in [2.05, 4.69) is 44.9 Å². The van der Waals surface area contributed by atoms with E-state index in [1.165, 1.54) is 13.8 Å². The molecule has 1 aliphatic rings. The summed E-state index contributed by atoms with van der Waals surface area (Å²) in [5.74, 6) is 8.84. The zero-order valence-corrected chi connectivity index (χ0v) is 34.5. The number of nitrogens with zero attached hydrogens (tertiary/aromatic N) is 4. The van der Waals surface area contributed by atoms with E-state index >= 15 is 0 Å². The molecule has 4 amide bonds. The van der Waals surface area contributed by atoms with Gasteiger partial charge in [-0.3, -0.25) is 38.8 Å². The van der Waals surface area contributed by atoms with Gasteiger partial charge in [0.2, 0.25) is 23.6 Å². The molecule has 0 aromatic rings. The number of halogens is 3. The topological polar surface area (TPSA) is 304 Å². The van der Waals surface area contributed by atoms with E-state index in [1.807, 2.05) is 19.6 Å². The van der Waals surface area contributed by atoms with Crippen LogP contribution in [0, 0.1) is 88.0 Å². The molecule has 1 rings (SSSR count). The normalized spacial score (nSPS) is 12.5. The molecule has 1 fully saturated rings. The van der Waals surface area contributed by atoms with Gasteiger partial charge in [0.15, 0.2) is 0 Å². The maximum absolute atomic E-state index is 12.4. The van der Waals surface area contributed by atoms with E-state index in [9.17, 15) is 24.0 Å². The average molecular weight is 968 g/mol. The number of hydrogen-bond donors (Lipinski definition) is 4. The molecule has 18 nitrogen and oxygen atoms in total. The molecule has 0 saturated carbocycles. The van der Waals surface area contributed by atoms with E-state index in [0.717, 1.165) is 0 Å². The molecular weight excluding hydrogens is 910 g/mol. The first kappa shape index (κ1) is 75.5. The Bertz CT molecular complexity index is 955. The third-order valence-corrected chi connectivity index (χ3v) is 5.95. The number of Topliss-reactive ketones (excluding diaryl/α,β-unsaturated/α-hetero) is 1. The Hall–Kier alpha value is -2.41. The molecule has 14 N–H and O–H groups in total. The van der Waals surface area contributed by atoms with Crippen molar-refractivity contribution in [1.82, 2.24) is 40.9 Å². The van der Waals surface area contributed by atoms with Gasteiger partial charge in [-0.15, -0.1) is 50.5 Å². The van der Waals surface area contributed by atoms with Gasteiger partial charge in [0, 0.05) is 91.0 Å². The largest absolute Gasteiger partial charge is 1.00 e. The summed E-state index contributed by atoms with van der Waals surface area (Å²) >= 11 is 0. The summed E-state index contributed by atoms with van der Waals surface area (Å²) < 4.78 is 0. The summed E-state index contributed by atoms with van der Waals surface area (Å²) in [7, 11) is 0. The van der Waals surface area contributed by atoms with Crippen molar-refractivity contribution in [3.05, 3.63) is 0 Å². The minimum Gasteiger partial charge on any atom is -1.00 e. The number of terminal acetylenes is 4. The van der Waals surface area contributed by atoms with Crippen LogP contribution in [0.3, 0.4) is 0 Å². The molecule has 0 atom stereocenters. The first-order chi connectivity index (χ1) is 21.0. The summed E-state index contributed by atoms with van der Waals surface area (Å²) in [6.45, 7) is 7.81. The van der Waals surface area contributed by atoms with Crippen LogP contribution in [-0.4, -0.2) is 176 Å². The van der Waals surface area contributed by atoms with E-state index < -0.39 is 0 Å². The standard InChI is InChI=1S/C28H40N8O4.C3H6O.3ClH.5H2O.Tb/c1-5-9-29-25(37)21-33-13-15-34(22-26(38)30-10-6-2)17-19-36(24-28(40)32-12-8-4)20-18-35(16-14-33)23-27(39)31-11-7-3;1-3(2)4;;;;;;;;;/h1-4H,9-24H2,(H,29,37)(H,30,38)(H,31,39)(H,32,40);1-2H3;3*1H;5*1H2;/p-1. The Morgan fingerprint density at radius 1 is 0.491 bits per heavy atom. The van der Waals surface area contributed by atoms with Gasteiger partial charge in [0.25, 0.3) is 0 Å². The van der Waals surface area contributed by atoms with E-state index in [1.54, 1.807) is 0 Å². The second-order valence-electron chi connectivity index (χ2n) is 9.94. The van der Waals surface area contributed by atoms with Crippen molar-refractivity contribution in [3.63, 3.8) is 0 Å². The molecule has 0 aromatic carbocycles. The molecule has 0 bridgehead atoms. The fourth-order valence-electron chi connectivity index (χ4n) is 3.85. The number of carbonyl (C=O) groups is 5. The zero-order valence-electron chi connectivity index (χ0n) is 30.0. The van der Waals surface area contributed by atoms with Crippen LogP contribution in [0.5, 0.6) is 0 Å². The van der Waals surface area contributed by atoms with Crippen molar-refractivity contribution in [2.24, 2.45) is 0 Å². The van der Waals surface area contributed by atoms with Gasteiger partial charge < -0.3 is 65.8 Å². The van der Waals surface area contributed by atoms with Crippen LogP contribution in [0.25, 0.3) is 0 Å². The van der Waals surface area contributed by atoms with Crippen LogP contribution in [0.2, 0.25) is 0 Å². The van der Waals surface area contributed by atoms with Crippen molar-refractivity contribution in [2.45, 2.75) is 13.8 Å². The van der Waals surface area contributed by atoms with Gasteiger partial charge in [-0.2, -0.15) is 0 Å². The summed E-state index contributed by atoms with van der Waals surface area (Å²) in [6, 6.07) is 0. The minimum absolute atomic E-state index is 0. The third-order valence-electron chi connectivity index (χ3n) is 5.95. The van der Waals surface area contributed by atoms with Crippen molar-refractivity contribution in [2.75, 3.05) is 105 Å². The fourth-order valence-corrected chi connectivity index (χ4v) is 3.85. The van der Waals surface area contributed by atoms with Gasteiger partial charge in [0.1, 0.15) is 5.78 Å². The van der Waals surface area contributed by atoms with Crippen LogP contribution in [0.15, 0.2) is 0 Å².